The average Bonchev–Trinajstić information content (AvgIpc) is 3.07. The first-order valence-electron chi connectivity index (χ1n) is 12.3. The molecule has 1 aromatic carbocycles. The van der Waals surface area contributed by atoms with Crippen molar-refractivity contribution >= 4 is 11.5 Å². The van der Waals surface area contributed by atoms with E-state index in [2.05, 4.69) is 62.0 Å². The van der Waals surface area contributed by atoms with Gasteiger partial charge in [-0.1, -0.05) is 36.5 Å². The summed E-state index contributed by atoms with van der Waals surface area (Å²) in [5.41, 5.74) is 5.26. The lowest BCUT2D eigenvalue weighted by atomic mass is 9.51. The summed E-state index contributed by atoms with van der Waals surface area (Å²) in [4.78, 5) is 14.3. The van der Waals surface area contributed by atoms with Crippen LogP contribution in [-0.2, 0) is 4.79 Å². The molecule has 174 valence electrons. The summed E-state index contributed by atoms with van der Waals surface area (Å²) in [5.74, 6) is 7.10. The largest absolute Gasteiger partial charge is 0.384 e. The standard InChI is InChI=1S/C29H35NO3/c1-28-18-25(19-5-8-21(9-6-19)30(2)3)27-23-12-10-22(32)17-20(23)7-11-24(27)26(28)13-15-29(28,33)14-4-16-31/h5-6,8-9,17,24-26,31,33H,7,10-13,15-16,18H2,1-3H3/t24-,25+,26-,28-,29-/m1/s1. The van der Waals surface area contributed by atoms with Crippen LogP contribution in [0.15, 0.2) is 47.1 Å². The molecule has 4 nitrogen and oxygen atoms in total. The van der Waals surface area contributed by atoms with Crippen molar-refractivity contribution < 1.29 is 15.0 Å². The first-order valence-corrected chi connectivity index (χ1v) is 12.3. The molecule has 5 atom stereocenters. The Morgan fingerprint density at radius 3 is 2.58 bits per heavy atom. The van der Waals surface area contributed by atoms with Gasteiger partial charge < -0.3 is 15.1 Å². The summed E-state index contributed by atoms with van der Waals surface area (Å²) < 4.78 is 0. The molecular formula is C29H35NO3. The van der Waals surface area contributed by atoms with Gasteiger partial charge in [-0.2, -0.15) is 0 Å². The molecule has 4 heteroatoms. The Kier molecular flexibility index (Phi) is 5.54. The zero-order chi connectivity index (χ0) is 23.4. The third kappa shape index (κ3) is 3.49. The number of allylic oxidation sites excluding steroid dienone is 4. The van der Waals surface area contributed by atoms with E-state index < -0.39 is 5.60 Å². The summed E-state index contributed by atoms with van der Waals surface area (Å²) in [6.45, 7) is 2.01. The number of benzene rings is 1. The van der Waals surface area contributed by atoms with Crippen molar-refractivity contribution in [3.63, 3.8) is 0 Å². The number of carbonyl (C=O) groups is 1. The van der Waals surface area contributed by atoms with Gasteiger partial charge in [-0.05, 0) is 85.3 Å². The molecule has 5 rings (SSSR count). The maximum absolute atomic E-state index is 12.2. The minimum Gasteiger partial charge on any atom is -0.384 e. The lowest BCUT2D eigenvalue weighted by Gasteiger charge is -2.53. The molecule has 2 fully saturated rings. The molecule has 0 heterocycles. The fraction of sp³-hybridized carbons (Fsp3) is 0.552. The van der Waals surface area contributed by atoms with Crippen LogP contribution in [-0.4, -0.2) is 42.3 Å². The molecule has 0 aliphatic heterocycles. The summed E-state index contributed by atoms with van der Waals surface area (Å²) in [6.07, 6.45) is 7.80. The number of carbonyl (C=O) groups excluding carboxylic acids is 1. The smallest absolute Gasteiger partial charge is 0.156 e. The third-order valence-electron chi connectivity index (χ3n) is 9.07. The summed E-state index contributed by atoms with van der Waals surface area (Å²) in [7, 11) is 4.11. The molecular weight excluding hydrogens is 410 g/mol. The Labute approximate surface area is 197 Å². The molecule has 0 aromatic heterocycles. The zero-order valence-corrected chi connectivity index (χ0v) is 20.0. The van der Waals surface area contributed by atoms with Crippen LogP contribution in [0.25, 0.3) is 0 Å². The van der Waals surface area contributed by atoms with Gasteiger partial charge in [0.1, 0.15) is 12.2 Å². The van der Waals surface area contributed by atoms with Gasteiger partial charge in [-0.15, -0.1) is 0 Å². The van der Waals surface area contributed by atoms with Crippen molar-refractivity contribution in [1.29, 1.82) is 0 Å². The van der Waals surface area contributed by atoms with Crippen molar-refractivity contribution in [1.82, 2.24) is 0 Å². The lowest BCUT2D eigenvalue weighted by Crippen LogP contribution is -2.51. The van der Waals surface area contributed by atoms with Gasteiger partial charge in [-0.25, -0.2) is 0 Å². The van der Waals surface area contributed by atoms with E-state index in [9.17, 15) is 15.0 Å². The highest BCUT2D eigenvalue weighted by Crippen LogP contribution is 2.66. The van der Waals surface area contributed by atoms with Crippen LogP contribution in [0.2, 0.25) is 0 Å². The second-order valence-electron chi connectivity index (χ2n) is 10.8. The Morgan fingerprint density at radius 1 is 1.12 bits per heavy atom. The fourth-order valence-corrected chi connectivity index (χ4v) is 7.36. The predicted molar refractivity (Wildman–Crippen MR) is 131 cm³/mol. The second-order valence-corrected chi connectivity index (χ2v) is 10.8. The average molecular weight is 446 g/mol. The molecule has 0 bridgehead atoms. The molecule has 4 aliphatic carbocycles. The Bertz CT molecular complexity index is 1090. The van der Waals surface area contributed by atoms with Crippen LogP contribution < -0.4 is 4.90 Å². The topological polar surface area (TPSA) is 60.8 Å². The Hall–Kier alpha value is -2.35. The van der Waals surface area contributed by atoms with Gasteiger partial charge in [0.15, 0.2) is 5.78 Å². The number of anilines is 1. The number of ketones is 1. The summed E-state index contributed by atoms with van der Waals surface area (Å²) in [5, 5.41) is 21.1. The van der Waals surface area contributed by atoms with Crippen molar-refractivity contribution in [3.05, 3.63) is 52.6 Å². The van der Waals surface area contributed by atoms with Crippen molar-refractivity contribution in [2.24, 2.45) is 17.3 Å². The second kappa shape index (κ2) is 8.15. The van der Waals surface area contributed by atoms with E-state index in [4.69, 9.17) is 0 Å². The minimum absolute atomic E-state index is 0.208. The molecule has 0 radical (unpaired) electrons. The summed E-state index contributed by atoms with van der Waals surface area (Å²) >= 11 is 0. The normalized spacial score (nSPS) is 35.1. The van der Waals surface area contributed by atoms with Crippen LogP contribution in [0.5, 0.6) is 0 Å². The highest BCUT2D eigenvalue weighted by molar-refractivity contribution is 5.93. The number of nitrogens with zero attached hydrogens (tertiary/aromatic N) is 1. The van der Waals surface area contributed by atoms with Crippen LogP contribution in [0.3, 0.4) is 0 Å². The van der Waals surface area contributed by atoms with Crippen LogP contribution in [0.1, 0.15) is 63.4 Å². The first-order chi connectivity index (χ1) is 15.8. The van der Waals surface area contributed by atoms with E-state index in [1.54, 1.807) is 0 Å². The monoisotopic (exact) mass is 445 g/mol. The number of fused-ring (bicyclic) bond motifs is 4. The van der Waals surface area contributed by atoms with Crippen LogP contribution in [0, 0.1) is 29.1 Å². The van der Waals surface area contributed by atoms with Gasteiger partial charge in [0.25, 0.3) is 0 Å². The lowest BCUT2D eigenvalue weighted by molar-refractivity contribution is -0.114. The minimum atomic E-state index is -1.07. The van der Waals surface area contributed by atoms with Crippen LogP contribution in [0.4, 0.5) is 5.69 Å². The van der Waals surface area contributed by atoms with E-state index in [0.29, 0.717) is 24.7 Å². The highest BCUT2D eigenvalue weighted by Gasteiger charge is 2.62. The Balaban J connectivity index is 1.66. The number of hydrogen-bond acceptors (Lipinski definition) is 4. The highest BCUT2D eigenvalue weighted by atomic mass is 16.3. The van der Waals surface area contributed by atoms with Crippen LogP contribution >= 0.6 is 0 Å². The van der Waals surface area contributed by atoms with Gasteiger partial charge >= 0.3 is 0 Å². The van der Waals surface area contributed by atoms with Gasteiger partial charge in [0.2, 0.25) is 0 Å². The quantitative estimate of drug-likeness (QED) is 0.664. The third-order valence-corrected chi connectivity index (χ3v) is 9.07. The SMILES string of the molecule is CN(C)c1ccc([C@@H]2C[C@]3(C)[C@H](CC[C@]3(O)C#CCO)[C@H]3CCC4=CC(=O)CCC4=C23)cc1. The van der Waals surface area contributed by atoms with Crippen molar-refractivity contribution in [2.75, 3.05) is 25.6 Å². The van der Waals surface area contributed by atoms with E-state index in [0.717, 1.165) is 32.1 Å². The van der Waals surface area contributed by atoms with E-state index in [1.807, 2.05) is 6.08 Å². The molecule has 33 heavy (non-hydrogen) atoms. The number of aliphatic hydroxyl groups excluding tert-OH is 1. The Morgan fingerprint density at radius 2 is 1.88 bits per heavy atom. The molecule has 0 spiro atoms. The number of rotatable bonds is 2. The van der Waals surface area contributed by atoms with Gasteiger partial charge in [-0.3, -0.25) is 4.79 Å². The number of aliphatic hydroxyl groups is 2. The summed E-state index contributed by atoms with van der Waals surface area (Å²) in [6, 6.07) is 8.85. The molecule has 1 aromatic rings. The van der Waals surface area contributed by atoms with Crippen molar-refractivity contribution in [3.8, 4) is 11.8 Å². The molecule has 2 saturated carbocycles. The van der Waals surface area contributed by atoms with Gasteiger partial charge in [0.05, 0.1) is 0 Å². The number of hydrogen-bond donors (Lipinski definition) is 2. The van der Waals surface area contributed by atoms with E-state index >= 15 is 0 Å². The molecule has 0 amide bonds. The maximum atomic E-state index is 12.2. The maximum Gasteiger partial charge on any atom is 0.156 e. The first kappa shape index (κ1) is 22.4. The zero-order valence-electron chi connectivity index (χ0n) is 20.0. The molecule has 0 unspecified atom stereocenters. The van der Waals surface area contributed by atoms with E-state index in [1.165, 1.54) is 28.0 Å². The molecule has 0 saturated heterocycles. The molecule has 2 N–H and O–H groups in total. The predicted octanol–water partition coefficient (Wildman–Crippen LogP) is 4.38. The molecule has 4 aliphatic rings. The fourth-order valence-electron chi connectivity index (χ4n) is 7.36. The van der Waals surface area contributed by atoms with Crippen molar-refractivity contribution in [2.45, 2.75) is 63.4 Å². The van der Waals surface area contributed by atoms with E-state index in [-0.39, 0.29) is 23.7 Å². The van der Waals surface area contributed by atoms with Gasteiger partial charge in [0, 0.05) is 37.5 Å².